The van der Waals surface area contributed by atoms with Crippen LogP contribution in [0.4, 0.5) is 4.39 Å². The van der Waals surface area contributed by atoms with Crippen LogP contribution in [0.2, 0.25) is 0 Å². The molecule has 8 heteroatoms. The summed E-state index contributed by atoms with van der Waals surface area (Å²) in [5.41, 5.74) is -0.217. The molecule has 0 saturated heterocycles. The molecule has 5 nitrogen and oxygen atoms in total. The lowest BCUT2D eigenvalue weighted by Gasteiger charge is -2.18. The molecule has 1 rings (SSSR count). The molecule has 0 atom stereocenters. The molecule has 0 bridgehead atoms. The van der Waals surface area contributed by atoms with Gasteiger partial charge in [-0.15, -0.1) is 0 Å². The van der Waals surface area contributed by atoms with Crippen LogP contribution in [0.5, 0.6) is 0 Å². The van der Waals surface area contributed by atoms with Gasteiger partial charge < -0.3 is 9.64 Å². The van der Waals surface area contributed by atoms with Gasteiger partial charge in [0, 0.05) is 24.3 Å². The highest BCUT2D eigenvalue weighted by Gasteiger charge is 2.19. The minimum Gasteiger partial charge on any atom is -0.377 e. The fourth-order valence-electron chi connectivity index (χ4n) is 1.55. The van der Waals surface area contributed by atoms with Crippen molar-refractivity contribution in [3.63, 3.8) is 0 Å². The number of carbonyl (C=O) groups excluding carboxylic acids is 1. The van der Waals surface area contributed by atoms with Gasteiger partial charge in [-0.25, -0.2) is 12.8 Å². The average molecular weight is 338 g/mol. The summed E-state index contributed by atoms with van der Waals surface area (Å²) in [5, 5.41) is 0. The molecular formula is C13H17ClFNO4S. The van der Waals surface area contributed by atoms with Gasteiger partial charge in [-0.2, -0.15) is 0 Å². The van der Waals surface area contributed by atoms with Crippen molar-refractivity contribution in [1.29, 1.82) is 0 Å². The number of hydrogen-bond acceptors (Lipinski definition) is 4. The molecule has 118 valence electrons. The Morgan fingerprint density at radius 3 is 2.52 bits per heavy atom. The van der Waals surface area contributed by atoms with Gasteiger partial charge in [0.2, 0.25) is 0 Å². The molecular weight excluding hydrogens is 321 g/mol. The van der Waals surface area contributed by atoms with Crippen molar-refractivity contribution in [3.8, 4) is 0 Å². The maximum Gasteiger partial charge on any atom is 0.261 e. The van der Waals surface area contributed by atoms with Gasteiger partial charge in [-0.1, -0.05) is 0 Å². The number of benzene rings is 1. The normalized spacial score (nSPS) is 11.7. The van der Waals surface area contributed by atoms with Crippen LogP contribution in [0, 0.1) is 5.82 Å². The summed E-state index contributed by atoms with van der Waals surface area (Å²) in [6, 6.07) is 2.93. The SMILES string of the molecule is CC(C)OCCN(C)C(=O)c1ccc(S(=O)(=O)Cl)cc1F. The highest BCUT2D eigenvalue weighted by molar-refractivity contribution is 8.13. The standard InChI is InChI=1S/C13H17ClFNO4S/c1-9(2)20-7-6-16(3)13(17)11-5-4-10(8-12(11)15)21(14,18)19/h4-5,8-9H,6-7H2,1-3H3. The zero-order valence-electron chi connectivity index (χ0n) is 12.0. The lowest BCUT2D eigenvalue weighted by Crippen LogP contribution is -2.31. The van der Waals surface area contributed by atoms with Crippen LogP contribution in [0.25, 0.3) is 0 Å². The molecule has 0 unspecified atom stereocenters. The summed E-state index contributed by atoms with van der Waals surface area (Å²) in [5.74, 6) is -1.49. The molecule has 1 aromatic rings. The van der Waals surface area contributed by atoms with Gasteiger partial charge in [-0.3, -0.25) is 4.79 Å². The monoisotopic (exact) mass is 337 g/mol. The van der Waals surface area contributed by atoms with E-state index in [0.29, 0.717) is 13.2 Å². The fraction of sp³-hybridized carbons (Fsp3) is 0.462. The Kier molecular flexibility index (Phi) is 6.12. The van der Waals surface area contributed by atoms with E-state index in [-0.39, 0.29) is 16.6 Å². The third-order valence-corrected chi connectivity index (χ3v) is 4.03. The number of halogens is 2. The third kappa shape index (κ3) is 5.26. The number of hydrogen-bond donors (Lipinski definition) is 0. The van der Waals surface area contributed by atoms with Crippen molar-refractivity contribution in [1.82, 2.24) is 4.90 Å². The molecule has 0 aliphatic carbocycles. The molecule has 0 N–H and O–H groups in total. The Balaban J connectivity index is 2.83. The van der Waals surface area contributed by atoms with Gasteiger partial charge in [0.15, 0.2) is 0 Å². The second kappa shape index (κ2) is 7.20. The molecule has 0 fully saturated rings. The molecule has 0 radical (unpaired) electrons. The van der Waals surface area contributed by atoms with E-state index in [0.717, 1.165) is 18.2 Å². The van der Waals surface area contributed by atoms with Crippen molar-refractivity contribution in [2.45, 2.75) is 24.8 Å². The van der Waals surface area contributed by atoms with Crippen LogP contribution in [0.3, 0.4) is 0 Å². The van der Waals surface area contributed by atoms with Gasteiger partial charge in [0.05, 0.1) is 23.2 Å². The predicted molar refractivity (Wildman–Crippen MR) is 77.5 cm³/mol. The first-order chi connectivity index (χ1) is 9.62. The summed E-state index contributed by atoms with van der Waals surface area (Å²) in [7, 11) is 2.60. The Bertz CT molecular complexity index is 619. The second-order valence-corrected chi connectivity index (χ2v) is 7.29. The van der Waals surface area contributed by atoms with Crippen molar-refractivity contribution in [3.05, 3.63) is 29.6 Å². The van der Waals surface area contributed by atoms with E-state index in [9.17, 15) is 17.6 Å². The first kappa shape index (κ1) is 17.9. The first-order valence-electron chi connectivity index (χ1n) is 6.24. The molecule has 0 saturated carbocycles. The maximum atomic E-state index is 13.8. The summed E-state index contributed by atoms with van der Waals surface area (Å²) >= 11 is 0. The van der Waals surface area contributed by atoms with Crippen molar-refractivity contribution >= 4 is 25.6 Å². The quantitative estimate of drug-likeness (QED) is 0.747. The summed E-state index contributed by atoms with van der Waals surface area (Å²) in [4.78, 5) is 13.0. The first-order valence-corrected chi connectivity index (χ1v) is 8.55. The minimum atomic E-state index is -4.02. The zero-order chi connectivity index (χ0) is 16.2. The van der Waals surface area contributed by atoms with Crippen LogP contribution >= 0.6 is 10.7 Å². The number of carbonyl (C=O) groups is 1. The maximum absolute atomic E-state index is 13.8. The second-order valence-electron chi connectivity index (χ2n) is 4.73. The van der Waals surface area contributed by atoms with Crippen LogP contribution < -0.4 is 0 Å². The van der Waals surface area contributed by atoms with Gasteiger partial charge in [0.25, 0.3) is 15.0 Å². The van der Waals surface area contributed by atoms with E-state index in [1.54, 1.807) is 0 Å². The number of amides is 1. The van der Waals surface area contributed by atoms with Crippen LogP contribution in [-0.2, 0) is 13.8 Å². The number of likely N-dealkylation sites (N-methyl/N-ethyl adjacent to an activating group) is 1. The van der Waals surface area contributed by atoms with Crippen molar-refractivity contribution < 1.29 is 22.3 Å². The molecule has 21 heavy (non-hydrogen) atoms. The van der Waals surface area contributed by atoms with Crippen LogP contribution in [0.15, 0.2) is 23.1 Å². The van der Waals surface area contributed by atoms with Crippen molar-refractivity contribution in [2.75, 3.05) is 20.2 Å². The Hall–Kier alpha value is -1.18. The third-order valence-electron chi connectivity index (χ3n) is 2.68. The Labute approximate surface area is 128 Å². The van der Waals surface area contributed by atoms with E-state index in [1.807, 2.05) is 13.8 Å². The summed E-state index contributed by atoms with van der Waals surface area (Å²) in [6.07, 6.45) is 0.0402. The average Bonchev–Trinajstić information content (AvgIpc) is 2.36. The van der Waals surface area contributed by atoms with Gasteiger partial charge in [-0.05, 0) is 32.0 Å². The van der Waals surface area contributed by atoms with E-state index < -0.39 is 20.8 Å². The fourth-order valence-corrected chi connectivity index (χ4v) is 2.32. The van der Waals surface area contributed by atoms with E-state index >= 15 is 0 Å². The molecule has 0 aliphatic rings. The zero-order valence-corrected chi connectivity index (χ0v) is 13.5. The number of rotatable bonds is 6. The van der Waals surface area contributed by atoms with Crippen molar-refractivity contribution in [2.24, 2.45) is 0 Å². The van der Waals surface area contributed by atoms with E-state index in [1.165, 1.54) is 11.9 Å². The molecule has 0 heterocycles. The highest BCUT2D eigenvalue weighted by Crippen LogP contribution is 2.19. The van der Waals surface area contributed by atoms with E-state index in [4.69, 9.17) is 15.4 Å². The lowest BCUT2D eigenvalue weighted by molar-refractivity contribution is 0.0529. The predicted octanol–water partition coefficient (Wildman–Crippen LogP) is 2.25. The lowest BCUT2D eigenvalue weighted by atomic mass is 10.2. The Morgan fingerprint density at radius 2 is 2.05 bits per heavy atom. The number of nitrogens with zero attached hydrogens (tertiary/aromatic N) is 1. The Morgan fingerprint density at radius 1 is 1.43 bits per heavy atom. The molecule has 0 aromatic heterocycles. The van der Waals surface area contributed by atoms with Crippen LogP contribution in [-0.4, -0.2) is 45.5 Å². The molecule has 0 aliphatic heterocycles. The smallest absolute Gasteiger partial charge is 0.261 e. The minimum absolute atomic E-state index is 0.0402. The summed E-state index contributed by atoms with van der Waals surface area (Å²) in [6.45, 7) is 4.36. The topological polar surface area (TPSA) is 63.7 Å². The largest absolute Gasteiger partial charge is 0.377 e. The van der Waals surface area contributed by atoms with Crippen LogP contribution in [0.1, 0.15) is 24.2 Å². The molecule has 0 spiro atoms. The van der Waals surface area contributed by atoms with E-state index in [2.05, 4.69) is 0 Å². The van der Waals surface area contributed by atoms with Gasteiger partial charge in [0.1, 0.15) is 5.82 Å². The summed E-state index contributed by atoms with van der Waals surface area (Å²) < 4.78 is 41.3. The number of ether oxygens (including phenoxy) is 1. The van der Waals surface area contributed by atoms with Gasteiger partial charge >= 0.3 is 0 Å². The molecule has 1 amide bonds. The highest BCUT2D eigenvalue weighted by atomic mass is 35.7. The molecule has 1 aromatic carbocycles.